The molecule has 6 heteroatoms. The van der Waals surface area contributed by atoms with Gasteiger partial charge in [0.2, 0.25) is 0 Å². The van der Waals surface area contributed by atoms with Crippen LogP contribution >= 0.6 is 23.4 Å². The molecule has 1 rings (SSSR count). The molecule has 0 saturated heterocycles. The number of rotatable bonds is 8. The Morgan fingerprint density at radius 3 is 2.95 bits per heavy atom. The van der Waals surface area contributed by atoms with E-state index in [-0.39, 0.29) is 5.97 Å². The molecular weight excluding hydrogens is 284 g/mol. The van der Waals surface area contributed by atoms with Gasteiger partial charge in [0.25, 0.3) is 0 Å². The van der Waals surface area contributed by atoms with Crippen molar-refractivity contribution in [2.45, 2.75) is 26.0 Å². The number of carbonyl (C=O) groups excluding carboxylic acids is 1. The Morgan fingerprint density at radius 2 is 2.26 bits per heavy atom. The molecule has 1 aromatic rings. The third kappa shape index (κ3) is 6.16. The molecule has 0 atom stereocenters. The molecule has 0 amide bonds. The highest BCUT2D eigenvalue weighted by Crippen LogP contribution is 2.21. The Morgan fingerprint density at radius 1 is 1.47 bits per heavy atom. The first-order valence-corrected chi connectivity index (χ1v) is 7.83. The van der Waals surface area contributed by atoms with Crippen molar-refractivity contribution in [2.75, 3.05) is 24.2 Å². The van der Waals surface area contributed by atoms with Crippen LogP contribution in [-0.4, -0.2) is 29.9 Å². The summed E-state index contributed by atoms with van der Waals surface area (Å²) in [7, 11) is 0. The molecule has 0 aliphatic carbocycles. The topological polar surface area (TPSA) is 51.2 Å². The zero-order chi connectivity index (χ0) is 14.1. The molecule has 0 aromatic carbocycles. The number of thioether (sulfide) groups is 1. The Hall–Kier alpha value is -0.940. The van der Waals surface area contributed by atoms with Gasteiger partial charge in [-0.3, -0.25) is 4.79 Å². The van der Waals surface area contributed by atoms with Crippen LogP contribution in [0.5, 0.6) is 0 Å². The second-order valence-corrected chi connectivity index (χ2v) is 5.24. The van der Waals surface area contributed by atoms with Gasteiger partial charge < -0.3 is 10.1 Å². The number of nitrogens with one attached hydrogen (secondary N) is 1. The van der Waals surface area contributed by atoms with Crippen molar-refractivity contribution in [3.8, 4) is 0 Å². The second kappa shape index (κ2) is 9.04. The maximum atomic E-state index is 11.2. The van der Waals surface area contributed by atoms with Crippen molar-refractivity contribution in [3.63, 3.8) is 0 Å². The van der Waals surface area contributed by atoms with Gasteiger partial charge in [-0.05, 0) is 25.5 Å². The fourth-order valence-electron chi connectivity index (χ4n) is 1.37. The number of hydrogen-bond acceptors (Lipinski definition) is 5. The first kappa shape index (κ1) is 16.1. The van der Waals surface area contributed by atoms with Crippen LogP contribution in [-0.2, 0) is 15.3 Å². The van der Waals surface area contributed by atoms with Crippen LogP contribution in [0.25, 0.3) is 0 Å². The lowest BCUT2D eigenvalue weighted by Gasteiger charge is -2.08. The number of anilines is 1. The van der Waals surface area contributed by atoms with Crippen molar-refractivity contribution in [2.24, 2.45) is 0 Å². The molecule has 1 aromatic heterocycles. The maximum Gasteiger partial charge on any atom is 0.315 e. The molecule has 0 bridgehead atoms. The number of nitrogens with zero attached hydrogens (tertiary/aromatic N) is 1. The number of halogens is 1. The third-order valence-electron chi connectivity index (χ3n) is 2.24. The van der Waals surface area contributed by atoms with Crippen molar-refractivity contribution in [1.82, 2.24) is 4.98 Å². The van der Waals surface area contributed by atoms with Crippen LogP contribution in [0.15, 0.2) is 12.1 Å². The molecule has 0 aliphatic heterocycles. The molecular formula is C13H19ClN2O2S. The fraction of sp³-hybridized carbons (Fsp3) is 0.538. The number of aromatic nitrogens is 1. The number of ether oxygens (including phenoxy) is 1. The number of pyridine rings is 1. The summed E-state index contributed by atoms with van der Waals surface area (Å²) in [6.07, 6.45) is 1.04. The minimum atomic E-state index is -0.205. The summed E-state index contributed by atoms with van der Waals surface area (Å²) in [5.41, 5.74) is 0.789. The molecule has 4 nitrogen and oxygen atoms in total. The standard InChI is InChI=1S/C13H19ClN2O2S/c1-3-7-15-12-6-5-10(14)11(16-12)8-19-9-13(17)18-4-2/h5-6H,3-4,7-9H2,1-2H3,(H,15,16). The highest BCUT2D eigenvalue weighted by Gasteiger charge is 2.07. The fourth-order valence-corrected chi connectivity index (χ4v) is 2.39. The predicted molar refractivity (Wildman–Crippen MR) is 80.8 cm³/mol. The van der Waals surface area contributed by atoms with E-state index in [1.807, 2.05) is 12.1 Å². The van der Waals surface area contributed by atoms with Crippen molar-refractivity contribution >= 4 is 35.1 Å². The van der Waals surface area contributed by atoms with Crippen LogP contribution in [0.4, 0.5) is 5.82 Å². The zero-order valence-electron chi connectivity index (χ0n) is 11.2. The Balaban J connectivity index is 2.49. The highest BCUT2D eigenvalue weighted by atomic mass is 35.5. The first-order chi connectivity index (χ1) is 9.17. The Labute approximate surface area is 123 Å². The average Bonchev–Trinajstić information content (AvgIpc) is 2.39. The Bertz CT molecular complexity index is 416. The van der Waals surface area contributed by atoms with Gasteiger partial charge in [0, 0.05) is 12.3 Å². The summed E-state index contributed by atoms with van der Waals surface area (Å²) in [4.78, 5) is 15.7. The lowest BCUT2D eigenvalue weighted by atomic mass is 10.3. The summed E-state index contributed by atoms with van der Waals surface area (Å²) >= 11 is 7.54. The molecule has 0 saturated carbocycles. The molecule has 0 spiro atoms. The van der Waals surface area contributed by atoms with E-state index in [0.29, 0.717) is 23.1 Å². The molecule has 19 heavy (non-hydrogen) atoms. The normalized spacial score (nSPS) is 10.3. The SMILES string of the molecule is CCCNc1ccc(Cl)c(CSCC(=O)OCC)n1. The quantitative estimate of drug-likeness (QED) is 0.746. The van der Waals surface area contributed by atoms with Gasteiger partial charge in [0.05, 0.1) is 23.1 Å². The predicted octanol–water partition coefficient (Wildman–Crippen LogP) is 3.35. The van der Waals surface area contributed by atoms with Crippen molar-refractivity contribution in [3.05, 3.63) is 22.8 Å². The molecule has 1 heterocycles. The third-order valence-corrected chi connectivity index (χ3v) is 3.50. The monoisotopic (exact) mass is 302 g/mol. The average molecular weight is 303 g/mol. The summed E-state index contributed by atoms with van der Waals surface area (Å²) in [5.74, 6) is 1.53. The van der Waals surface area contributed by atoms with Crippen LogP contribution in [0, 0.1) is 0 Å². The minimum Gasteiger partial charge on any atom is -0.465 e. The molecule has 1 N–H and O–H groups in total. The van der Waals surface area contributed by atoms with Gasteiger partial charge in [-0.2, -0.15) is 0 Å². The Kier molecular flexibility index (Phi) is 7.67. The number of hydrogen-bond donors (Lipinski definition) is 1. The summed E-state index contributed by atoms with van der Waals surface area (Å²) in [6, 6.07) is 3.68. The van der Waals surface area contributed by atoms with E-state index in [9.17, 15) is 4.79 Å². The lowest BCUT2D eigenvalue weighted by Crippen LogP contribution is -2.07. The van der Waals surface area contributed by atoms with Crippen LogP contribution in [0.3, 0.4) is 0 Å². The van der Waals surface area contributed by atoms with Crippen LogP contribution in [0.2, 0.25) is 5.02 Å². The number of esters is 1. The van der Waals surface area contributed by atoms with Gasteiger partial charge in [-0.25, -0.2) is 4.98 Å². The van der Waals surface area contributed by atoms with Crippen LogP contribution < -0.4 is 5.32 Å². The molecule has 0 fully saturated rings. The van der Waals surface area contributed by atoms with Gasteiger partial charge in [0.1, 0.15) is 5.82 Å². The first-order valence-electron chi connectivity index (χ1n) is 6.30. The van der Waals surface area contributed by atoms with Gasteiger partial charge >= 0.3 is 5.97 Å². The second-order valence-electron chi connectivity index (χ2n) is 3.85. The smallest absolute Gasteiger partial charge is 0.315 e. The van der Waals surface area contributed by atoms with Gasteiger partial charge in [-0.1, -0.05) is 18.5 Å². The zero-order valence-corrected chi connectivity index (χ0v) is 12.8. The lowest BCUT2D eigenvalue weighted by molar-refractivity contribution is -0.139. The van der Waals surface area contributed by atoms with E-state index in [0.717, 1.165) is 24.5 Å². The minimum absolute atomic E-state index is 0.205. The maximum absolute atomic E-state index is 11.2. The molecule has 106 valence electrons. The summed E-state index contributed by atoms with van der Waals surface area (Å²) in [6.45, 7) is 5.18. The van der Waals surface area contributed by atoms with Gasteiger partial charge in [0.15, 0.2) is 0 Å². The van der Waals surface area contributed by atoms with E-state index in [2.05, 4.69) is 17.2 Å². The van der Waals surface area contributed by atoms with Crippen molar-refractivity contribution < 1.29 is 9.53 Å². The van der Waals surface area contributed by atoms with E-state index in [1.165, 1.54) is 11.8 Å². The molecule has 0 unspecified atom stereocenters. The van der Waals surface area contributed by atoms with Crippen molar-refractivity contribution in [1.29, 1.82) is 0 Å². The van der Waals surface area contributed by atoms with E-state index in [1.54, 1.807) is 6.92 Å². The molecule has 0 radical (unpaired) electrons. The number of carbonyl (C=O) groups is 1. The van der Waals surface area contributed by atoms with E-state index in [4.69, 9.17) is 16.3 Å². The summed E-state index contributed by atoms with van der Waals surface area (Å²) in [5, 5.41) is 3.83. The van der Waals surface area contributed by atoms with Gasteiger partial charge in [-0.15, -0.1) is 11.8 Å². The van der Waals surface area contributed by atoms with Crippen LogP contribution in [0.1, 0.15) is 26.0 Å². The largest absolute Gasteiger partial charge is 0.465 e. The molecule has 0 aliphatic rings. The van der Waals surface area contributed by atoms with E-state index >= 15 is 0 Å². The highest BCUT2D eigenvalue weighted by molar-refractivity contribution is 7.99. The summed E-state index contributed by atoms with van der Waals surface area (Å²) < 4.78 is 4.86. The van der Waals surface area contributed by atoms with E-state index < -0.39 is 0 Å².